The van der Waals surface area contributed by atoms with Crippen molar-refractivity contribution >= 4 is 17.3 Å². The zero-order valence-electron chi connectivity index (χ0n) is 17.1. The molecule has 0 unspecified atom stereocenters. The van der Waals surface area contributed by atoms with Gasteiger partial charge in [0.2, 0.25) is 5.91 Å². The number of aromatic nitrogens is 2. The molecule has 2 aromatic carbocycles. The smallest absolute Gasteiger partial charge is 0.292 e. The van der Waals surface area contributed by atoms with Crippen molar-refractivity contribution in [3.63, 3.8) is 0 Å². The molecule has 1 heterocycles. The molecule has 0 atom stereocenters. The summed E-state index contributed by atoms with van der Waals surface area (Å²) < 4.78 is 1.95. The molecule has 0 saturated carbocycles. The Morgan fingerprint density at radius 2 is 1.80 bits per heavy atom. The number of amides is 1. The van der Waals surface area contributed by atoms with Gasteiger partial charge in [-0.25, -0.2) is 0 Å². The summed E-state index contributed by atoms with van der Waals surface area (Å²) in [6.07, 6.45) is 0.211. The molecular weight excluding hydrogens is 382 g/mol. The maximum absolute atomic E-state index is 12.2. The summed E-state index contributed by atoms with van der Waals surface area (Å²) in [5.41, 5.74) is 4.49. The van der Waals surface area contributed by atoms with Gasteiger partial charge in [-0.15, -0.1) is 0 Å². The number of aryl methyl sites for hydroxylation is 1. The largest absolute Gasteiger partial charge is 0.379 e. The molecule has 8 heteroatoms. The molecule has 3 rings (SSSR count). The molecule has 1 amide bonds. The van der Waals surface area contributed by atoms with Crippen LogP contribution >= 0.6 is 0 Å². The van der Waals surface area contributed by atoms with Crippen molar-refractivity contribution in [2.24, 2.45) is 0 Å². The van der Waals surface area contributed by atoms with Crippen LogP contribution in [-0.2, 0) is 17.9 Å². The van der Waals surface area contributed by atoms with Crippen molar-refractivity contribution in [3.8, 4) is 0 Å². The maximum Gasteiger partial charge on any atom is 0.292 e. The normalized spacial score (nSPS) is 10.6. The molecule has 0 bridgehead atoms. The molecule has 0 aliphatic heterocycles. The lowest BCUT2D eigenvalue weighted by Gasteiger charge is -2.09. The number of anilines is 1. The van der Waals surface area contributed by atoms with Crippen LogP contribution in [0.25, 0.3) is 0 Å². The van der Waals surface area contributed by atoms with E-state index in [4.69, 9.17) is 0 Å². The summed E-state index contributed by atoms with van der Waals surface area (Å²) in [6.45, 7) is 5.33. The third kappa shape index (κ3) is 5.22. The Morgan fingerprint density at radius 1 is 1.10 bits per heavy atom. The van der Waals surface area contributed by atoms with Crippen LogP contribution in [-0.4, -0.2) is 27.2 Å². The molecule has 156 valence electrons. The quantitative estimate of drug-likeness (QED) is 0.417. The fraction of sp³-hybridized carbons (Fsp3) is 0.273. The molecule has 0 spiro atoms. The van der Waals surface area contributed by atoms with E-state index >= 15 is 0 Å². The summed E-state index contributed by atoms with van der Waals surface area (Å²) in [6, 6.07) is 16.5. The topological polar surface area (TPSA) is 102 Å². The van der Waals surface area contributed by atoms with Gasteiger partial charge >= 0.3 is 0 Å². The number of carbonyl (C=O) groups excluding carboxylic acids is 1. The Bertz CT molecular complexity index is 1030. The second kappa shape index (κ2) is 9.69. The molecule has 2 N–H and O–H groups in total. The number of nitrogens with one attached hydrogen (secondary N) is 2. The minimum atomic E-state index is -0.443. The van der Waals surface area contributed by atoms with Gasteiger partial charge in [0, 0.05) is 36.8 Å². The number of nitrogens with zero attached hydrogens (tertiary/aromatic N) is 3. The molecule has 0 aliphatic rings. The van der Waals surface area contributed by atoms with Gasteiger partial charge in [0.1, 0.15) is 5.69 Å². The molecule has 1 aromatic heterocycles. The Hall–Kier alpha value is -3.68. The fourth-order valence-corrected chi connectivity index (χ4v) is 3.27. The number of hydrogen-bond acceptors (Lipinski definition) is 5. The van der Waals surface area contributed by atoms with Crippen molar-refractivity contribution in [1.29, 1.82) is 0 Å². The first kappa shape index (κ1) is 21.0. The first-order valence-corrected chi connectivity index (χ1v) is 9.76. The number of para-hydroxylation sites is 2. The SMILES string of the molecule is Cc1nn(Cc2ccccc2)c(C)c1CNC(=O)CCNc1ccccc1[N+](=O)[O-]. The molecule has 0 radical (unpaired) electrons. The average Bonchev–Trinajstić information content (AvgIpc) is 3.00. The number of hydrogen-bond donors (Lipinski definition) is 2. The summed E-state index contributed by atoms with van der Waals surface area (Å²) in [5, 5.41) is 21.5. The molecule has 30 heavy (non-hydrogen) atoms. The predicted octanol–water partition coefficient (Wildman–Crippen LogP) is 3.57. The Labute approximate surface area is 175 Å². The van der Waals surface area contributed by atoms with E-state index in [-0.39, 0.29) is 18.0 Å². The fourth-order valence-electron chi connectivity index (χ4n) is 3.27. The minimum Gasteiger partial charge on any atom is -0.379 e. The van der Waals surface area contributed by atoms with Gasteiger partial charge in [0.05, 0.1) is 17.2 Å². The average molecular weight is 407 g/mol. The number of nitro benzene ring substituents is 1. The van der Waals surface area contributed by atoms with Gasteiger partial charge in [-0.3, -0.25) is 19.6 Å². The van der Waals surface area contributed by atoms with E-state index in [1.54, 1.807) is 18.2 Å². The molecule has 0 saturated heterocycles. The first-order chi connectivity index (χ1) is 14.5. The first-order valence-electron chi connectivity index (χ1n) is 9.76. The highest BCUT2D eigenvalue weighted by Gasteiger charge is 2.14. The summed E-state index contributed by atoms with van der Waals surface area (Å²) in [4.78, 5) is 22.8. The van der Waals surface area contributed by atoms with Crippen LogP contribution in [0.4, 0.5) is 11.4 Å². The lowest BCUT2D eigenvalue weighted by atomic mass is 10.2. The molecule has 0 aliphatic carbocycles. The number of rotatable bonds is 9. The summed E-state index contributed by atoms with van der Waals surface area (Å²) in [7, 11) is 0. The third-order valence-corrected chi connectivity index (χ3v) is 4.94. The molecule has 8 nitrogen and oxygen atoms in total. The van der Waals surface area contributed by atoms with Gasteiger partial charge in [-0.05, 0) is 25.5 Å². The lowest BCUT2D eigenvalue weighted by Crippen LogP contribution is -2.25. The van der Waals surface area contributed by atoms with E-state index in [0.29, 0.717) is 25.3 Å². The zero-order valence-corrected chi connectivity index (χ0v) is 17.1. The van der Waals surface area contributed by atoms with Crippen molar-refractivity contribution in [2.45, 2.75) is 33.4 Å². The number of benzene rings is 2. The minimum absolute atomic E-state index is 0.00464. The van der Waals surface area contributed by atoms with E-state index in [1.807, 2.05) is 36.7 Å². The van der Waals surface area contributed by atoms with Crippen LogP contribution in [0.5, 0.6) is 0 Å². The van der Waals surface area contributed by atoms with Crippen molar-refractivity contribution < 1.29 is 9.72 Å². The third-order valence-electron chi connectivity index (χ3n) is 4.94. The summed E-state index contributed by atoms with van der Waals surface area (Å²) in [5.74, 6) is -0.129. The highest BCUT2D eigenvalue weighted by atomic mass is 16.6. The van der Waals surface area contributed by atoms with Crippen molar-refractivity contribution in [1.82, 2.24) is 15.1 Å². The van der Waals surface area contributed by atoms with Crippen LogP contribution in [0.3, 0.4) is 0 Å². The lowest BCUT2D eigenvalue weighted by molar-refractivity contribution is -0.384. The molecule has 0 fully saturated rings. The predicted molar refractivity (Wildman–Crippen MR) is 115 cm³/mol. The van der Waals surface area contributed by atoms with Gasteiger partial charge in [0.25, 0.3) is 5.69 Å². The van der Waals surface area contributed by atoms with Crippen LogP contribution in [0.2, 0.25) is 0 Å². The molecule has 3 aromatic rings. The van der Waals surface area contributed by atoms with E-state index in [9.17, 15) is 14.9 Å². The van der Waals surface area contributed by atoms with E-state index in [2.05, 4.69) is 27.9 Å². The maximum atomic E-state index is 12.2. The Balaban J connectivity index is 1.52. The van der Waals surface area contributed by atoms with Crippen molar-refractivity contribution in [2.75, 3.05) is 11.9 Å². The number of carbonyl (C=O) groups is 1. The van der Waals surface area contributed by atoms with Gasteiger partial charge < -0.3 is 10.6 Å². The van der Waals surface area contributed by atoms with Crippen molar-refractivity contribution in [3.05, 3.63) is 87.2 Å². The Kier molecular flexibility index (Phi) is 6.79. The number of nitro groups is 1. The van der Waals surface area contributed by atoms with E-state index < -0.39 is 4.92 Å². The highest BCUT2D eigenvalue weighted by Crippen LogP contribution is 2.22. The summed E-state index contributed by atoms with van der Waals surface area (Å²) >= 11 is 0. The monoisotopic (exact) mass is 407 g/mol. The van der Waals surface area contributed by atoms with Crippen LogP contribution in [0.1, 0.15) is 28.9 Å². The van der Waals surface area contributed by atoms with Gasteiger partial charge in [0.15, 0.2) is 0 Å². The van der Waals surface area contributed by atoms with E-state index in [1.165, 1.54) is 11.6 Å². The van der Waals surface area contributed by atoms with Crippen LogP contribution in [0.15, 0.2) is 54.6 Å². The molecular formula is C22H25N5O3. The van der Waals surface area contributed by atoms with Crippen LogP contribution < -0.4 is 10.6 Å². The Morgan fingerprint density at radius 3 is 2.53 bits per heavy atom. The zero-order chi connectivity index (χ0) is 21.5. The van der Waals surface area contributed by atoms with Gasteiger partial charge in [-0.2, -0.15) is 5.10 Å². The second-order valence-corrected chi connectivity index (χ2v) is 7.02. The van der Waals surface area contributed by atoms with Gasteiger partial charge in [-0.1, -0.05) is 42.5 Å². The standard InChI is InChI=1S/C22H25N5O3/c1-16-19(17(2)26(25-16)15-18-8-4-3-5-9-18)14-24-22(28)12-13-23-20-10-6-7-11-21(20)27(29)30/h3-11,23H,12-15H2,1-2H3,(H,24,28). The van der Waals surface area contributed by atoms with E-state index in [0.717, 1.165) is 17.0 Å². The second-order valence-electron chi connectivity index (χ2n) is 7.02. The highest BCUT2D eigenvalue weighted by molar-refractivity contribution is 5.76. The van der Waals surface area contributed by atoms with Crippen LogP contribution in [0, 0.1) is 24.0 Å².